The van der Waals surface area contributed by atoms with Gasteiger partial charge in [-0.05, 0) is 43.2 Å². The van der Waals surface area contributed by atoms with E-state index in [1.54, 1.807) is 19.2 Å². The predicted octanol–water partition coefficient (Wildman–Crippen LogP) is 3.21. The average Bonchev–Trinajstić information content (AvgIpc) is 3.00. The number of aryl methyl sites for hydroxylation is 1. The number of imide groups is 1. The normalized spacial score (nSPS) is 12.7. The van der Waals surface area contributed by atoms with Gasteiger partial charge in [0, 0.05) is 13.6 Å². The summed E-state index contributed by atoms with van der Waals surface area (Å²) in [7, 11) is 1.66. The molecular formula is C23H24N2O5. The topological polar surface area (TPSA) is 84.0 Å². The maximum Gasteiger partial charge on any atom is 0.338 e. The first kappa shape index (κ1) is 21.2. The summed E-state index contributed by atoms with van der Waals surface area (Å²) in [6.45, 7) is 4.06. The number of rotatable bonds is 7. The minimum Gasteiger partial charge on any atom is -0.452 e. The minimum atomic E-state index is -0.718. The highest BCUT2D eigenvalue weighted by Crippen LogP contribution is 2.31. The predicted molar refractivity (Wildman–Crippen MR) is 112 cm³/mol. The quantitative estimate of drug-likeness (QED) is 0.519. The minimum absolute atomic E-state index is 0.116. The Labute approximate surface area is 175 Å². The molecule has 0 saturated heterocycles. The van der Waals surface area contributed by atoms with E-state index in [1.165, 1.54) is 23.1 Å². The number of para-hydroxylation sites is 1. The van der Waals surface area contributed by atoms with Gasteiger partial charge in [-0.2, -0.15) is 0 Å². The molecule has 3 amide bonds. The number of likely N-dealkylation sites (N-methyl/N-ethyl adjacent to an activating group) is 1. The molecule has 7 nitrogen and oxygen atoms in total. The van der Waals surface area contributed by atoms with Gasteiger partial charge in [0.2, 0.25) is 0 Å². The summed E-state index contributed by atoms with van der Waals surface area (Å²) in [5.74, 6) is -1.94. The van der Waals surface area contributed by atoms with Crippen LogP contribution in [0.5, 0.6) is 0 Å². The third kappa shape index (κ3) is 4.10. The van der Waals surface area contributed by atoms with Crippen LogP contribution < -0.4 is 4.90 Å². The molecule has 0 spiro atoms. The molecule has 7 heteroatoms. The lowest BCUT2D eigenvalue weighted by atomic mass is 10.1. The average molecular weight is 408 g/mol. The maximum atomic E-state index is 12.9. The molecule has 0 atom stereocenters. The van der Waals surface area contributed by atoms with E-state index in [0.29, 0.717) is 12.2 Å². The van der Waals surface area contributed by atoms with Crippen molar-refractivity contribution in [2.75, 3.05) is 25.1 Å². The highest BCUT2D eigenvalue weighted by molar-refractivity contribution is 6.34. The number of unbranched alkanes of at least 4 members (excludes halogenated alkanes) is 1. The van der Waals surface area contributed by atoms with Gasteiger partial charge in [0.25, 0.3) is 17.7 Å². The molecule has 0 bridgehead atoms. The van der Waals surface area contributed by atoms with Crippen molar-refractivity contribution in [2.24, 2.45) is 0 Å². The summed E-state index contributed by atoms with van der Waals surface area (Å²) < 4.78 is 5.10. The summed E-state index contributed by atoms with van der Waals surface area (Å²) in [4.78, 5) is 52.7. The fourth-order valence-corrected chi connectivity index (χ4v) is 3.24. The molecule has 2 aromatic carbocycles. The van der Waals surface area contributed by atoms with Crippen molar-refractivity contribution >= 4 is 29.4 Å². The molecule has 0 N–H and O–H groups in total. The third-order valence-electron chi connectivity index (χ3n) is 5.08. The smallest absolute Gasteiger partial charge is 0.338 e. The largest absolute Gasteiger partial charge is 0.452 e. The fourth-order valence-electron chi connectivity index (χ4n) is 3.24. The Balaban J connectivity index is 1.74. The Morgan fingerprint density at radius 1 is 1.03 bits per heavy atom. The van der Waals surface area contributed by atoms with Crippen LogP contribution in [0.4, 0.5) is 5.69 Å². The van der Waals surface area contributed by atoms with Crippen LogP contribution in [0.3, 0.4) is 0 Å². The summed E-state index contributed by atoms with van der Waals surface area (Å²) in [5, 5.41) is 0. The molecule has 1 heterocycles. The van der Waals surface area contributed by atoms with Crippen LogP contribution in [0.15, 0.2) is 42.5 Å². The van der Waals surface area contributed by atoms with Crippen LogP contribution in [0.25, 0.3) is 0 Å². The Kier molecular flexibility index (Phi) is 6.30. The van der Waals surface area contributed by atoms with Crippen LogP contribution in [0.2, 0.25) is 0 Å². The number of esters is 1. The number of amides is 3. The first-order chi connectivity index (χ1) is 14.3. The van der Waals surface area contributed by atoms with E-state index in [1.807, 2.05) is 26.0 Å². The molecule has 0 unspecified atom stereocenters. The Hall–Kier alpha value is -3.48. The summed E-state index contributed by atoms with van der Waals surface area (Å²) in [5.41, 5.74) is 1.79. The van der Waals surface area contributed by atoms with Crippen LogP contribution in [-0.2, 0) is 9.53 Å². The molecule has 3 rings (SSSR count). The van der Waals surface area contributed by atoms with Crippen molar-refractivity contribution < 1.29 is 23.9 Å². The van der Waals surface area contributed by atoms with Gasteiger partial charge in [-0.3, -0.25) is 14.4 Å². The fraction of sp³-hybridized carbons (Fsp3) is 0.304. The highest BCUT2D eigenvalue weighted by Gasteiger charge is 2.37. The van der Waals surface area contributed by atoms with Crippen molar-refractivity contribution in [2.45, 2.75) is 26.7 Å². The van der Waals surface area contributed by atoms with Crippen molar-refractivity contribution in [3.05, 3.63) is 64.7 Å². The van der Waals surface area contributed by atoms with Crippen molar-refractivity contribution in [1.29, 1.82) is 0 Å². The van der Waals surface area contributed by atoms with E-state index in [9.17, 15) is 19.2 Å². The molecule has 1 aliphatic heterocycles. The maximum absolute atomic E-state index is 12.9. The number of carbonyl (C=O) groups excluding carboxylic acids is 4. The molecular weight excluding hydrogens is 384 g/mol. The van der Waals surface area contributed by atoms with E-state index in [4.69, 9.17) is 4.74 Å². The molecule has 0 radical (unpaired) electrons. The zero-order valence-corrected chi connectivity index (χ0v) is 17.3. The SMILES string of the molecule is CCCCN(C)C(=O)COC(=O)c1ccc2c(c1)C(=O)N(c1ccccc1C)C2=O. The van der Waals surface area contributed by atoms with E-state index in [0.717, 1.165) is 23.3 Å². The second-order valence-corrected chi connectivity index (χ2v) is 7.24. The second kappa shape index (κ2) is 8.90. The Morgan fingerprint density at radius 2 is 1.73 bits per heavy atom. The number of ether oxygens (including phenoxy) is 1. The third-order valence-corrected chi connectivity index (χ3v) is 5.08. The molecule has 0 aromatic heterocycles. The second-order valence-electron chi connectivity index (χ2n) is 7.24. The van der Waals surface area contributed by atoms with Gasteiger partial charge >= 0.3 is 5.97 Å². The van der Waals surface area contributed by atoms with Gasteiger partial charge in [0.15, 0.2) is 6.61 Å². The lowest BCUT2D eigenvalue weighted by molar-refractivity contribution is -0.133. The zero-order chi connectivity index (χ0) is 21.8. The molecule has 0 fully saturated rings. The van der Waals surface area contributed by atoms with Gasteiger partial charge in [-0.1, -0.05) is 31.5 Å². The van der Waals surface area contributed by atoms with Gasteiger partial charge in [0.1, 0.15) is 0 Å². The van der Waals surface area contributed by atoms with E-state index in [-0.39, 0.29) is 29.2 Å². The van der Waals surface area contributed by atoms with Gasteiger partial charge in [-0.25, -0.2) is 9.69 Å². The van der Waals surface area contributed by atoms with Crippen molar-refractivity contribution in [3.63, 3.8) is 0 Å². The number of hydrogen-bond acceptors (Lipinski definition) is 5. The summed E-state index contributed by atoms with van der Waals surface area (Å²) in [6.07, 6.45) is 1.83. The summed E-state index contributed by atoms with van der Waals surface area (Å²) in [6, 6.07) is 11.3. The van der Waals surface area contributed by atoms with Crippen LogP contribution in [0, 0.1) is 6.92 Å². The molecule has 30 heavy (non-hydrogen) atoms. The molecule has 0 saturated carbocycles. The number of nitrogens with zero attached hydrogens (tertiary/aromatic N) is 2. The monoisotopic (exact) mass is 408 g/mol. The van der Waals surface area contributed by atoms with E-state index >= 15 is 0 Å². The lowest BCUT2D eigenvalue weighted by Crippen LogP contribution is -2.32. The number of benzene rings is 2. The number of anilines is 1. The van der Waals surface area contributed by atoms with Crippen LogP contribution in [0.1, 0.15) is 56.4 Å². The van der Waals surface area contributed by atoms with Crippen LogP contribution >= 0.6 is 0 Å². The zero-order valence-electron chi connectivity index (χ0n) is 17.3. The first-order valence-electron chi connectivity index (χ1n) is 9.84. The molecule has 0 aliphatic carbocycles. The van der Waals surface area contributed by atoms with E-state index < -0.39 is 17.8 Å². The summed E-state index contributed by atoms with van der Waals surface area (Å²) >= 11 is 0. The van der Waals surface area contributed by atoms with Gasteiger partial charge < -0.3 is 9.64 Å². The number of hydrogen-bond donors (Lipinski definition) is 0. The standard InChI is InChI=1S/C23H24N2O5/c1-4-5-12-24(3)20(26)14-30-23(29)16-10-11-17-18(13-16)22(28)25(21(17)27)19-9-7-6-8-15(19)2/h6-11,13H,4-5,12,14H2,1-3H3. The molecule has 2 aromatic rings. The van der Waals surface area contributed by atoms with Crippen molar-refractivity contribution in [1.82, 2.24) is 4.90 Å². The highest BCUT2D eigenvalue weighted by atomic mass is 16.5. The lowest BCUT2D eigenvalue weighted by Gasteiger charge is -2.16. The molecule has 1 aliphatic rings. The number of carbonyl (C=O) groups is 4. The Bertz CT molecular complexity index is 1010. The van der Waals surface area contributed by atoms with Gasteiger partial charge in [0.05, 0.1) is 22.4 Å². The first-order valence-corrected chi connectivity index (χ1v) is 9.84. The van der Waals surface area contributed by atoms with E-state index in [2.05, 4.69) is 0 Å². The van der Waals surface area contributed by atoms with Gasteiger partial charge in [-0.15, -0.1) is 0 Å². The van der Waals surface area contributed by atoms with Crippen LogP contribution in [-0.4, -0.2) is 48.8 Å². The molecule has 156 valence electrons. The number of fused-ring (bicyclic) bond motifs is 1. The Morgan fingerprint density at radius 3 is 2.43 bits per heavy atom. The van der Waals surface area contributed by atoms with Crippen molar-refractivity contribution in [3.8, 4) is 0 Å².